The normalized spacial score (nSPS) is 17.4. The standard InChI is InChI=1S/C18H17FN2O2/c1-12-9-14(19)7-8-16(12)20-18(23)13-10-17(22)21(11-13)15-5-3-2-4-6-15/h2-9,13H,10-11H2,1H3,(H,20,23)/t13-/m1/s1. The van der Waals surface area contributed by atoms with Crippen LogP contribution in [0.15, 0.2) is 48.5 Å². The van der Waals surface area contributed by atoms with E-state index in [1.807, 2.05) is 30.3 Å². The maximum absolute atomic E-state index is 13.1. The number of hydrogen-bond acceptors (Lipinski definition) is 2. The summed E-state index contributed by atoms with van der Waals surface area (Å²) in [5.41, 5.74) is 2.02. The second kappa shape index (κ2) is 6.20. The van der Waals surface area contributed by atoms with Gasteiger partial charge in [-0.15, -0.1) is 0 Å². The van der Waals surface area contributed by atoms with Crippen molar-refractivity contribution >= 4 is 23.2 Å². The molecule has 1 aliphatic heterocycles. The third-order valence-electron chi connectivity index (χ3n) is 4.01. The first-order valence-corrected chi connectivity index (χ1v) is 7.47. The van der Waals surface area contributed by atoms with Crippen LogP contribution in [-0.2, 0) is 9.59 Å². The molecule has 0 aliphatic carbocycles. The van der Waals surface area contributed by atoms with Gasteiger partial charge in [-0.2, -0.15) is 0 Å². The second-order valence-corrected chi connectivity index (χ2v) is 5.69. The summed E-state index contributed by atoms with van der Waals surface area (Å²) in [7, 11) is 0. The Morgan fingerprint density at radius 1 is 1.22 bits per heavy atom. The van der Waals surface area contributed by atoms with Crippen LogP contribution in [0.5, 0.6) is 0 Å². The minimum Gasteiger partial charge on any atom is -0.326 e. The van der Waals surface area contributed by atoms with Crippen molar-refractivity contribution in [3.05, 3.63) is 59.9 Å². The zero-order valence-electron chi connectivity index (χ0n) is 12.8. The van der Waals surface area contributed by atoms with Gasteiger partial charge in [0.2, 0.25) is 11.8 Å². The molecule has 23 heavy (non-hydrogen) atoms. The fourth-order valence-corrected chi connectivity index (χ4v) is 2.74. The Hall–Kier alpha value is -2.69. The number of rotatable bonds is 3. The third kappa shape index (κ3) is 3.23. The summed E-state index contributed by atoms with van der Waals surface area (Å²) in [5, 5.41) is 2.79. The number of halogens is 1. The van der Waals surface area contributed by atoms with E-state index in [-0.39, 0.29) is 24.1 Å². The summed E-state index contributed by atoms with van der Waals surface area (Å²) in [6.45, 7) is 2.09. The number of hydrogen-bond donors (Lipinski definition) is 1. The molecule has 1 N–H and O–H groups in total. The van der Waals surface area contributed by atoms with Crippen LogP contribution in [0, 0.1) is 18.7 Å². The van der Waals surface area contributed by atoms with Crippen molar-refractivity contribution in [1.29, 1.82) is 0 Å². The number of carbonyl (C=O) groups is 2. The molecule has 1 heterocycles. The summed E-state index contributed by atoms with van der Waals surface area (Å²) in [4.78, 5) is 26.2. The van der Waals surface area contributed by atoms with Crippen molar-refractivity contribution in [2.24, 2.45) is 5.92 Å². The van der Waals surface area contributed by atoms with Gasteiger partial charge >= 0.3 is 0 Å². The number of nitrogens with one attached hydrogen (secondary N) is 1. The van der Waals surface area contributed by atoms with Gasteiger partial charge in [0.25, 0.3) is 0 Å². The van der Waals surface area contributed by atoms with Crippen LogP contribution in [0.4, 0.5) is 15.8 Å². The molecule has 2 aromatic rings. The first-order chi connectivity index (χ1) is 11.0. The molecular weight excluding hydrogens is 295 g/mol. The lowest BCUT2D eigenvalue weighted by Crippen LogP contribution is -2.28. The maximum Gasteiger partial charge on any atom is 0.229 e. The van der Waals surface area contributed by atoms with Gasteiger partial charge in [-0.25, -0.2) is 4.39 Å². The van der Waals surface area contributed by atoms with Crippen LogP contribution >= 0.6 is 0 Å². The molecule has 3 rings (SSSR count). The molecule has 5 heteroatoms. The molecule has 0 unspecified atom stereocenters. The molecular formula is C18H17FN2O2. The van der Waals surface area contributed by atoms with E-state index in [0.717, 1.165) is 5.69 Å². The van der Waals surface area contributed by atoms with Gasteiger partial charge in [-0.1, -0.05) is 18.2 Å². The molecule has 0 aromatic heterocycles. The largest absolute Gasteiger partial charge is 0.326 e. The van der Waals surface area contributed by atoms with E-state index < -0.39 is 5.92 Å². The Kier molecular flexibility index (Phi) is 4.10. The van der Waals surface area contributed by atoms with E-state index in [9.17, 15) is 14.0 Å². The fraction of sp³-hybridized carbons (Fsp3) is 0.222. The lowest BCUT2D eigenvalue weighted by molar-refractivity contribution is -0.122. The van der Waals surface area contributed by atoms with Crippen molar-refractivity contribution in [2.45, 2.75) is 13.3 Å². The van der Waals surface area contributed by atoms with Gasteiger partial charge < -0.3 is 10.2 Å². The average Bonchev–Trinajstić information content (AvgIpc) is 2.93. The smallest absolute Gasteiger partial charge is 0.229 e. The molecule has 0 radical (unpaired) electrons. The summed E-state index contributed by atoms with van der Waals surface area (Å²) >= 11 is 0. The molecule has 2 aromatic carbocycles. The summed E-state index contributed by atoms with van der Waals surface area (Å²) < 4.78 is 13.1. The van der Waals surface area contributed by atoms with E-state index in [2.05, 4.69) is 5.32 Å². The lowest BCUT2D eigenvalue weighted by atomic mass is 10.1. The van der Waals surface area contributed by atoms with Crippen molar-refractivity contribution in [1.82, 2.24) is 0 Å². The number of carbonyl (C=O) groups excluding carboxylic acids is 2. The number of anilines is 2. The Bertz CT molecular complexity index is 746. The van der Waals surface area contributed by atoms with Crippen LogP contribution in [-0.4, -0.2) is 18.4 Å². The molecule has 1 fully saturated rings. The highest BCUT2D eigenvalue weighted by Gasteiger charge is 2.35. The van der Waals surface area contributed by atoms with Gasteiger partial charge in [-0.3, -0.25) is 9.59 Å². The van der Waals surface area contributed by atoms with Crippen molar-refractivity contribution in [3.8, 4) is 0 Å². The summed E-state index contributed by atoms with van der Waals surface area (Å²) in [6.07, 6.45) is 0.182. The summed E-state index contributed by atoms with van der Waals surface area (Å²) in [5.74, 6) is -1.03. The molecule has 1 atom stereocenters. The Labute approximate surface area is 133 Å². The minimum absolute atomic E-state index is 0.0628. The van der Waals surface area contributed by atoms with Crippen LogP contribution in [0.25, 0.3) is 0 Å². The molecule has 1 aliphatic rings. The first-order valence-electron chi connectivity index (χ1n) is 7.47. The molecule has 0 saturated carbocycles. The van der Waals surface area contributed by atoms with Crippen LogP contribution in [0.3, 0.4) is 0 Å². The molecule has 2 amide bonds. The highest BCUT2D eigenvalue weighted by atomic mass is 19.1. The zero-order valence-corrected chi connectivity index (χ0v) is 12.8. The minimum atomic E-state index is -0.410. The first kappa shape index (κ1) is 15.2. The molecule has 1 saturated heterocycles. The van der Waals surface area contributed by atoms with Gasteiger partial charge in [0, 0.05) is 24.3 Å². The highest BCUT2D eigenvalue weighted by molar-refractivity contribution is 6.03. The highest BCUT2D eigenvalue weighted by Crippen LogP contribution is 2.26. The number of amides is 2. The molecule has 4 nitrogen and oxygen atoms in total. The molecule has 0 spiro atoms. The van der Waals surface area contributed by atoms with Crippen LogP contribution < -0.4 is 10.2 Å². The molecule has 118 valence electrons. The van der Waals surface area contributed by atoms with Crippen molar-refractivity contribution in [3.63, 3.8) is 0 Å². The number of benzene rings is 2. The van der Waals surface area contributed by atoms with Crippen LogP contribution in [0.2, 0.25) is 0 Å². The van der Waals surface area contributed by atoms with Crippen LogP contribution in [0.1, 0.15) is 12.0 Å². The SMILES string of the molecule is Cc1cc(F)ccc1NC(=O)[C@@H]1CC(=O)N(c2ccccc2)C1. The topological polar surface area (TPSA) is 49.4 Å². The predicted molar refractivity (Wildman–Crippen MR) is 86.7 cm³/mol. The third-order valence-corrected chi connectivity index (χ3v) is 4.01. The van der Waals surface area contributed by atoms with Crippen molar-refractivity contribution < 1.29 is 14.0 Å². The average molecular weight is 312 g/mol. The van der Waals surface area contributed by atoms with E-state index in [0.29, 0.717) is 17.8 Å². The van der Waals surface area contributed by atoms with Gasteiger partial charge in [0.1, 0.15) is 5.82 Å². The number of nitrogens with zero attached hydrogens (tertiary/aromatic N) is 1. The summed E-state index contributed by atoms with van der Waals surface area (Å²) in [6, 6.07) is 13.5. The predicted octanol–water partition coefficient (Wildman–Crippen LogP) is 3.13. The van der Waals surface area contributed by atoms with E-state index in [1.165, 1.54) is 18.2 Å². The Morgan fingerprint density at radius 2 is 1.96 bits per heavy atom. The zero-order chi connectivity index (χ0) is 16.4. The second-order valence-electron chi connectivity index (χ2n) is 5.69. The van der Waals surface area contributed by atoms with Gasteiger partial charge in [0.15, 0.2) is 0 Å². The quantitative estimate of drug-likeness (QED) is 0.946. The monoisotopic (exact) mass is 312 g/mol. The van der Waals surface area contributed by atoms with Crippen molar-refractivity contribution in [2.75, 3.05) is 16.8 Å². The molecule has 0 bridgehead atoms. The van der Waals surface area contributed by atoms with E-state index >= 15 is 0 Å². The number of para-hydroxylation sites is 1. The lowest BCUT2D eigenvalue weighted by Gasteiger charge is -2.16. The maximum atomic E-state index is 13.1. The van der Waals surface area contributed by atoms with E-state index in [4.69, 9.17) is 0 Å². The van der Waals surface area contributed by atoms with Gasteiger partial charge in [0.05, 0.1) is 5.92 Å². The Balaban J connectivity index is 1.71. The van der Waals surface area contributed by atoms with Gasteiger partial charge in [-0.05, 0) is 42.8 Å². The Morgan fingerprint density at radius 3 is 2.65 bits per heavy atom. The fourth-order valence-electron chi connectivity index (χ4n) is 2.74. The number of aryl methyl sites for hydroxylation is 1. The van der Waals surface area contributed by atoms with E-state index in [1.54, 1.807) is 11.8 Å².